The Labute approximate surface area is 231 Å². The highest BCUT2D eigenvalue weighted by atomic mass is 79.9. The van der Waals surface area contributed by atoms with E-state index in [1.54, 1.807) is 30.0 Å². The molecule has 9 heteroatoms. The highest BCUT2D eigenvalue weighted by molar-refractivity contribution is 9.12. The first-order valence-electron chi connectivity index (χ1n) is 12.5. The minimum absolute atomic E-state index is 0.0701. The van der Waals surface area contributed by atoms with Crippen molar-refractivity contribution in [2.45, 2.75) is 36.0 Å². The number of carbonyl (C=O) groups is 4. The van der Waals surface area contributed by atoms with E-state index in [0.29, 0.717) is 30.1 Å². The average Bonchev–Trinajstić information content (AvgIpc) is 3.59. The first kappa shape index (κ1) is 24.8. The number of rotatable bonds is 5. The molecule has 2 saturated carbocycles. The van der Waals surface area contributed by atoms with E-state index in [-0.39, 0.29) is 57.5 Å². The van der Waals surface area contributed by atoms with Crippen molar-refractivity contribution >= 4 is 61.2 Å². The lowest BCUT2D eigenvalue weighted by molar-refractivity contribution is -0.139. The molecule has 37 heavy (non-hydrogen) atoms. The van der Waals surface area contributed by atoms with Crippen LogP contribution in [0.4, 0.5) is 5.69 Å². The lowest BCUT2D eigenvalue weighted by atomic mass is 9.81. The molecule has 3 amide bonds. The third-order valence-corrected chi connectivity index (χ3v) is 11.6. The van der Waals surface area contributed by atoms with E-state index in [0.717, 1.165) is 12.0 Å². The lowest BCUT2D eigenvalue weighted by Gasteiger charge is -2.28. The summed E-state index contributed by atoms with van der Waals surface area (Å²) in [6.07, 6.45) is 1.00. The highest BCUT2D eigenvalue weighted by Crippen LogP contribution is 2.60. The van der Waals surface area contributed by atoms with Crippen LogP contribution >= 0.6 is 31.9 Å². The van der Waals surface area contributed by atoms with Crippen LogP contribution in [0.25, 0.3) is 0 Å². The fourth-order valence-corrected chi connectivity index (χ4v) is 8.49. The van der Waals surface area contributed by atoms with Gasteiger partial charge in [0.2, 0.25) is 17.7 Å². The molecule has 7 nitrogen and oxygen atoms in total. The van der Waals surface area contributed by atoms with E-state index in [1.807, 2.05) is 30.3 Å². The standard InChI is InChI=1S/C28H26Br2N2O5/c1-14-9-17(37-28(36)16-10-21(33)31(13-16)12-15-5-3-2-4-6-15)7-8-20(14)32-26(34)22-18-11-19(23(22)27(32)35)25(30)24(18)29/h2-9,16,18-19,22-25H,10-13H2,1H3/t16-,18-,19-,22-,23+,24+,25+/m1/s1. The minimum atomic E-state index is -0.540. The molecule has 6 rings (SSSR count). The Bertz CT molecular complexity index is 1270. The molecule has 4 fully saturated rings. The first-order chi connectivity index (χ1) is 17.7. The summed E-state index contributed by atoms with van der Waals surface area (Å²) in [5.74, 6) is -1.28. The van der Waals surface area contributed by atoms with E-state index in [1.165, 1.54) is 4.90 Å². The maximum absolute atomic E-state index is 13.4. The molecule has 192 valence electrons. The molecule has 0 aromatic heterocycles. The zero-order valence-electron chi connectivity index (χ0n) is 20.2. The van der Waals surface area contributed by atoms with Gasteiger partial charge in [-0.15, -0.1) is 0 Å². The summed E-state index contributed by atoms with van der Waals surface area (Å²) in [5, 5.41) is 0. The quantitative estimate of drug-likeness (QED) is 0.214. The van der Waals surface area contributed by atoms with Crippen molar-refractivity contribution in [1.29, 1.82) is 0 Å². The zero-order chi connectivity index (χ0) is 26.0. The molecule has 2 heterocycles. The van der Waals surface area contributed by atoms with Crippen molar-refractivity contribution in [3.8, 4) is 5.75 Å². The summed E-state index contributed by atoms with van der Waals surface area (Å²) in [7, 11) is 0. The SMILES string of the molecule is Cc1cc(OC(=O)[C@@H]2CC(=O)N(Cc3ccccc3)C2)ccc1N1C(=O)[C@@H]2[C@H]3C[C@@H]([C@H](Br)[C@H]3Br)[C@@H]2C1=O. The number of halogens is 2. The van der Waals surface area contributed by atoms with Crippen LogP contribution in [-0.2, 0) is 25.7 Å². The molecule has 2 aromatic carbocycles. The smallest absolute Gasteiger partial charge is 0.316 e. The van der Waals surface area contributed by atoms with Gasteiger partial charge in [0.05, 0.1) is 23.4 Å². The Morgan fingerprint density at radius 3 is 2.24 bits per heavy atom. The number of benzene rings is 2. The molecular formula is C28H26Br2N2O5. The second-order valence-electron chi connectivity index (χ2n) is 10.5. The van der Waals surface area contributed by atoms with Gasteiger partial charge in [-0.2, -0.15) is 0 Å². The Balaban J connectivity index is 1.14. The van der Waals surface area contributed by atoms with Crippen LogP contribution in [0.15, 0.2) is 48.5 Å². The number of carbonyl (C=O) groups excluding carboxylic acids is 4. The number of anilines is 1. The van der Waals surface area contributed by atoms with Crippen molar-refractivity contribution < 1.29 is 23.9 Å². The van der Waals surface area contributed by atoms with E-state index in [4.69, 9.17) is 4.74 Å². The first-order valence-corrected chi connectivity index (χ1v) is 14.4. The molecule has 2 aliphatic heterocycles. The van der Waals surface area contributed by atoms with Crippen LogP contribution in [0.2, 0.25) is 0 Å². The molecule has 7 atom stereocenters. The Hall–Kier alpha value is -2.52. The van der Waals surface area contributed by atoms with Gasteiger partial charge in [-0.1, -0.05) is 62.2 Å². The predicted octanol–water partition coefficient (Wildman–Crippen LogP) is 4.23. The lowest BCUT2D eigenvalue weighted by Crippen LogP contribution is -2.37. The molecule has 2 saturated heterocycles. The van der Waals surface area contributed by atoms with Crippen LogP contribution in [-0.4, -0.2) is 44.8 Å². The van der Waals surface area contributed by atoms with Gasteiger partial charge in [0.25, 0.3) is 0 Å². The predicted molar refractivity (Wildman–Crippen MR) is 143 cm³/mol. The number of likely N-dealkylation sites (tertiary alicyclic amines) is 1. The molecule has 2 aromatic rings. The van der Waals surface area contributed by atoms with Gasteiger partial charge in [0, 0.05) is 29.2 Å². The Morgan fingerprint density at radius 2 is 1.62 bits per heavy atom. The summed E-state index contributed by atoms with van der Waals surface area (Å²) in [4.78, 5) is 55.4. The molecule has 2 aliphatic carbocycles. The van der Waals surface area contributed by atoms with Gasteiger partial charge in [-0.05, 0) is 54.5 Å². The molecular weight excluding hydrogens is 604 g/mol. The van der Waals surface area contributed by atoms with Crippen molar-refractivity contribution in [2.75, 3.05) is 11.4 Å². The number of ether oxygens (including phenoxy) is 1. The van der Waals surface area contributed by atoms with Gasteiger partial charge in [-0.3, -0.25) is 19.2 Å². The zero-order valence-corrected chi connectivity index (χ0v) is 23.4. The summed E-state index contributed by atoms with van der Waals surface area (Å²) in [5.41, 5.74) is 2.22. The molecule has 2 bridgehead atoms. The van der Waals surface area contributed by atoms with Crippen LogP contribution in [0, 0.1) is 36.5 Å². The second kappa shape index (κ2) is 9.34. The van der Waals surface area contributed by atoms with Crippen LogP contribution < -0.4 is 9.64 Å². The maximum atomic E-state index is 13.4. The molecule has 4 aliphatic rings. The highest BCUT2D eigenvalue weighted by Gasteiger charge is 2.66. The number of nitrogens with zero attached hydrogens (tertiary/aromatic N) is 2. The van der Waals surface area contributed by atoms with Crippen molar-refractivity contribution in [1.82, 2.24) is 4.90 Å². The fourth-order valence-electron chi connectivity index (χ4n) is 6.61. The Morgan fingerprint density at radius 1 is 0.973 bits per heavy atom. The van der Waals surface area contributed by atoms with Gasteiger partial charge >= 0.3 is 5.97 Å². The number of fused-ring (bicyclic) bond motifs is 5. The maximum Gasteiger partial charge on any atom is 0.316 e. The average molecular weight is 630 g/mol. The molecule has 0 radical (unpaired) electrons. The third kappa shape index (κ3) is 4.05. The molecule has 0 unspecified atom stereocenters. The van der Waals surface area contributed by atoms with Gasteiger partial charge < -0.3 is 9.64 Å². The second-order valence-corrected chi connectivity index (χ2v) is 12.7. The largest absolute Gasteiger partial charge is 0.426 e. The monoisotopic (exact) mass is 628 g/mol. The van der Waals surface area contributed by atoms with Crippen LogP contribution in [0.5, 0.6) is 5.75 Å². The summed E-state index contributed by atoms with van der Waals surface area (Å²) >= 11 is 7.44. The molecule has 0 spiro atoms. The van der Waals surface area contributed by atoms with Crippen molar-refractivity contribution in [3.05, 3.63) is 59.7 Å². The van der Waals surface area contributed by atoms with Gasteiger partial charge in [-0.25, -0.2) is 4.90 Å². The van der Waals surface area contributed by atoms with E-state index >= 15 is 0 Å². The van der Waals surface area contributed by atoms with E-state index in [9.17, 15) is 19.2 Å². The summed E-state index contributed by atoms with van der Waals surface area (Å²) in [6.45, 7) is 2.58. The van der Waals surface area contributed by atoms with Gasteiger partial charge in [0.15, 0.2) is 0 Å². The molecule has 0 N–H and O–H groups in total. The van der Waals surface area contributed by atoms with Crippen molar-refractivity contribution in [2.24, 2.45) is 29.6 Å². The van der Waals surface area contributed by atoms with Crippen LogP contribution in [0.3, 0.4) is 0 Å². The Kier molecular flexibility index (Phi) is 6.26. The third-order valence-electron chi connectivity index (χ3n) is 8.38. The van der Waals surface area contributed by atoms with Crippen molar-refractivity contribution in [3.63, 3.8) is 0 Å². The summed E-state index contributed by atoms with van der Waals surface area (Å²) in [6, 6.07) is 14.6. The number of hydrogen-bond acceptors (Lipinski definition) is 5. The normalized spacial score (nSPS) is 32.4. The van der Waals surface area contributed by atoms with Gasteiger partial charge in [0.1, 0.15) is 5.75 Å². The summed E-state index contributed by atoms with van der Waals surface area (Å²) < 4.78 is 5.63. The van der Waals surface area contributed by atoms with E-state index in [2.05, 4.69) is 31.9 Å². The topological polar surface area (TPSA) is 84.0 Å². The number of esters is 1. The number of aryl methyl sites for hydroxylation is 1. The fraction of sp³-hybridized carbons (Fsp3) is 0.429. The van der Waals surface area contributed by atoms with Crippen LogP contribution in [0.1, 0.15) is 24.0 Å². The van der Waals surface area contributed by atoms with E-state index < -0.39 is 11.9 Å². The number of amides is 3. The number of hydrogen-bond donors (Lipinski definition) is 0. The number of imide groups is 1. The number of alkyl halides is 2. The minimum Gasteiger partial charge on any atom is -0.426 e.